The number of rotatable bonds is 4. The summed E-state index contributed by atoms with van der Waals surface area (Å²) in [6, 6.07) is 4.31. The third kappa shape index (κ3) is 3.99. The molecule has 218 valence electrons. The van der Waals surface area contributed by atoms with Gasteiger partial charge in [-0.05, 0) is 51.5 Å². The van der Waals surface area contributed by atoms with Crippen molar-refractivity contribution in [3.63, 3.8) is 0 Å². The van der Waals surface area contributed by atoms with Crippen molar-refractivity contribution >= 4 is 23.2 Å². The molecule has 4 aliphatic rings. The molecule has 1 aromatic rings. The average Bonchev–Trinajstić information content (AvgIpc) is 2.92. The first-order chi connectivity index (χ1) is 19.3. The van der Waals surface area contributed by atoms with Gasteiger partial charge in [0.15, 0.2) is 11.4 Å². The summed E-state index contributed by atoms with van der Waals surface area (Å²) >= 11 is 0. The number of benzene rings is 1. The van der Waals surface area contributed by atoms with Crippen LogP contribution in [0.25, 0.3) is 5.76 Å². The summed E-state index contributed by atoms with van der Waals surface area (Å²) in [5.41, 5.74) is 1.96. The molecule has 41 heavy (non-hydrogen) atoms. The molecular weight excluding hydrogens is 532 g/mol. The number of fused-ring (bicyclic) bond motifs is 3. The number of piperidine rings is 1. The predicted molar refractivity (Wildman–Crippen MR) is 144 cm³/mol. The summed E-state index contributed by atoms with van der Waals surface area (Å²) in [6.45, 7) is 3.33. The number of nitrogens with two attached hydrogens (primary N) is 1. The second kappa shape index (κ2) is 9.95. The highest BCUT2D eigenvalue weighted by Crippen LogP contribution is 2.56. The molecule has 0 unspecified atom stereocenters. The van der Waals surface area contributed by atoms with Crippen molar-refractivity contribution < 1.29 is 39.9 Å². The molecule has 0 spiro atoms. The van der Waals surface area contributed by atoms with Gasteiger partial charge in [-0.1, -0.05) is 19.1 Å². The van der Waals surface area contributed by atoms with Crippen molar-refractivity contribution in [2.24, 2.45) is 23.5 Å². The number of aromatic hydroxyl groups is 1. The van der Waals surface area contributed by atoms with Crippen molar-refractivity contribution in [1.82, 2.24) is 9.80 Å². The van der Waals surface area contributed by atoms with Crippen molar-refractivity contribution in [1.29, 1.82) is 5.26 Å². The minimum absolute atomic E-state index is 0.0176. The number of phenolic OH excluding ortho intramolecular Hbond substituents is 1. The number of nitrogens with zero attached hydrogens (tertiary/aromatic N) is 3. The van der Waals surface area contributed by atoms with Gasteiger partial charge in [0.2, 0.25) is 5.78 Å². The maximum atomic E-state index is 14.1. The zero-order chi connectivity index (χ0) is 30.1. The van der Waals surface area contributed by atoms with Crippen molar-refractivity contribution in [2.45, 2.75) is 50.0 Å². The number of Topliss-reactive ketones (excluding diaryl/α,β-unsaturated/α-hetero) is 2. The Balaban J connectivity index is 1.64. The summed E-state index contributed by atoms with van der Waals surface area (Å²) < 4.78 is 0. The van der Waals surface area contributed by atoms with Crippen molar-refractivity contribution in [3.8, 4) is 11.8 Å². The Kier molecular flexibility index (Phi) is 6.98. The fraction of sp³-hybridized carbons (Fsp3) is 0.517. The van der Waals surface area contributed by atoms with Crippen LogP contribution in [-0.4, -0.2) is 97.7 Å². The Labute approximate surface area is 236 Å². The van der Waals surface area contributed by atoms with Gasteiger partial charge in [-0.2, -0.15) is 5.26 Å². The first-order valence-electron chi connectivity index (χ1n) is 13.6. The second-order valence-corrected chi connectivity index (χ2v) is 11.8. The molecule has 1 aromatic carbocycles. The fourth-order valence-electron chi connectivity index (χ4n) is 7.25. The van der Waals surface area contributed by atoms with Crippen LogP contribution in [0.15, 0.2) is 29.0 Å². The minimum atomic E-state index is -2.94. The number of carbonyl (C=O) groups is 3. The number of aliphatic hydroxyl groups excluding tert-OH is 3. The molecule has 1 heterocycles. The van der Waals surface area contributed by atoms with E-state index < -0.39 is 75.6 Å². The molecule has 1 saturated heterocycles. The van der Waals surface area contributed by atoms with Gasteiger partial charge in [0.05, 0.1) is 29.7 Å². The molecule has 6 atom stereocenters. The predicted octanol–water partition coefficient (Wildman–Crippen LogP) is 0.231. The van der Waals surface area contributed by atoms with Gasteiger partial charge in [-0.3, -0.25) is 24.2 Å². The van der Waals surface area contributed by atoms with Gasteiger partial charge >= 0.3 is 0 Å². The number of likely N-dealkylation sites (tertiary alicyclic amines) is 1. The number of hydrogen-bond donors (Lipinski definition) is 6. The molecule has 5 rings (SSSR count). The number of likely N-dealkylation sites (N-methyl/N-ethyl adjacent to an activating group) is 1. The van der Waals surface area contributed by atoms with Crippen LogP contribution in [-0.2, 0) is 20.9 Å². The summed E-state index contributed by atoms with van der Waals surface area (Å²) in [6.07, 6.45) is -0.235. The van der Waals surface area contributed by atoms with Gasteiger partial charge in [-0.15, -0.1) is 0 Å². The molecule has 12 nitrogen and oxygen atoms in total. The van der Waals surface area contributed by atoms with Crippen LogP contribution in [0.4, 0.5) is 0 Å². The Morgan fingerprint density at radius 1 is 1.20 bits per heavy atom. The lowest BCUT2D eigenvalue weighted by Gasteiger charge is -2.53. The third-order valence-electron chi connectivity index (χ3n) is 9.38. The molecule has 1 saturated carbocycles. The van der Waals surface area contributed by atoms with Crippen LogP contribution in [0.1, 0.15) is 42.4 Å². The number of amides is 1. The largest absolute Gasteiger partial charge is 0.508 e. The quantitative estimate of drug-likeness (QED) is 0.272. The zero-order valence-corrected chi connectivity index (χ0v) is 23.0. The number of carbonyl (C=O) groups excluding carboxylic acids is 3. The standard InChI is InChI=1S/C29H34N4O8/c1-12-15-5-4-14(11-33-8-6-13(10-30)7-9-33)22(34)17(15)23(35)18-16(12)24(36)20-21(32(2)3)25(37)19(28(31)40)27(39)29(20,41)26(18)38/h4-5,12-13,16,20-21,24,34-36,39,41H,6-9,11H2,1-3H3,(H2,31,40)/t12-,16+,20+,21-,24-,29-/m0/s1. The van der Waals surface area contributed by atoms with E-state index in [1.54, 1.807) is 19.1 Å². The van der Waals surface area contributed by atoms with E-state index >= 15 is 0 Å². The van der Waals surface area contributed by atoms with E-state index in [0.29, 0.717) is 43.6 Å². The van der Waals surface area contributed by atoms with E-state index in [1.807, 2.05) is 0 Å². The van der Waals surface area contributed by atoms with E-state index in [2.05, 4.69) is 11.0 Å². The first kappa shape index (κ1) is 28.8. The van der Waals surface area contributed by atoms with Gasteiger partial charge in [0, 0.05) is 29.5 Å². The SMILES string of the molecule is C[C@H]1c2ccc(CN3CCC(C#N)CC3)c(O)c2C(O)=C2C(=O)[C@]3(O)C(O)=C(C(N)=O)C(=O)[C@@H](N(C)C)[C@@H]3[C@@H](O)[C@@H]21. The lowest BCUT2D eigenvalue weighted by Crippen LogP contribution is -2.70. The highest BCUT2D eigenvalue weighted by molar-refractivity contribution is 6.24. The Morgan fingerprint density at radius 3 is 2.39 bits per heavy atom. The molecule has 3 aliphatic carbocycles. The summed E-state index contributed by atoms with van der Waals surface area (Å²) in [4.78, 5) is 42.9. The van der Waals surface area contributed by atoms with E-state index in [9.17, 15) is 45.2 Å². The number of primary amides is 1. The molecule has 2 fully saturated rings. The second-order valence-electron chi connectivity index (χ2n) is 11.8. The van der Waals surface area contributed by atoms with Crippen LogP contribution >= 0.6 is 0 Å². The fourth-order valence-corrected chi connectivity index (χ4v) is 7.25. The molecule has 1 amide bonds. The third-order valence-corrected chi connectivity index (χ3v) is 9.38. The zero-order valence-electron chi connectivity index (χ0n) is 23.0. The molecule has 1 aliphatic heterocycles. The minimum Gasteiger partial charge on any atom is -0.508 e. The van der Waals surface area contributed by atoms with Crippen LogP contribution in [0, 0.1) is 29.1 Å². The van der Waals surface area contributed by atoms with Crippen LogP contribution in [0.3, 0.4) is 0 Å². The van der Waals surface area contributed by atoms with Crippen molar-refractivity contribution in [2.75, 3.05) is 27.2 Å². The molecule has 12 heteroatoms. The number of phenols is 1. The van der Waals surface area contributed by atoms with Gasteiger partial charge in [0.25, 0.3) is 5.91 Å². The van der Waals surface area contributed by atoms with E-state index in [0.717, 1.165) is 0 Å². The Morgan fingerprint density at radius 2 is 1.83 bits per heavy atom. The maximum Gasteiger partial charge on any atom is 0.255 e. The molecule has 7 N–H and O–H groups in total. The van der Waals surface area contributed by atoms with Crippen LogP contribution in [0.2, 0.25) is 0 Å². The van der Waals surface area contributed by atoms with Gasteiger partial charge in [-0.25, -0.2) is 0 Å². The van der Waals surface area contributed by atoms with Gasteiger partial charge in [0.1, 0.15) is 22.8 Å². The molecule has 0 aromatic heterocycles. The first-order valence-corrected chi connectivity index (χ1v) is 13.6. The normalized spacial score (nSPS) is 32.5. The Hall–Kier alpha value is -3.76. The number of hydrogen-bond acceptors (Lipinski definition) is 11. The highest BCUT2D eigenvalue weighted by atomic mass is 16.4. The topological polar surface area (TPSA) is 209 Å². The number of nitriles is 1. The molecule has 0 bridgehead atoms. The summed E-state index contributed by atoms with van der Waals surface area (Å²) in [5, 5.41) is 66.4. The van der Waals surface area contributed by atoms with E-state index in [1.165, 1.54) is 19.0 Å². The smallest absolute Gasteiger partial charge is 0.255 e. The lowest BCUT2D eigenvalue weighted by molar-refractivity contribution is -0.169. The van der Waals surface area contributed by atoms with E-state index in [-0.39, 0.29) is 17.2 Å². The lowest BCUT2D eigenvalue weighted by atomic mass is 9.54. The van der Waals surface area contributed by atoms with Crippen molar-refractivity contribution in [3.05, 3.63) is 45.7 Å². The Bertz CT molecular complexity index is 1450. The van der Waals surface area contributed by atoms with Crippen LogP contribution in [0.5, 0.6) is 5.75 Å². The average molecular weight is 567 g/mol. The van der Waals surface area contributed by atoms with E-state index in [4.69, 9.17) is 5.73 Å². The van der Waals surface area contributed by atoms with Gasteiger partial charge < -0.3 is 31.3 Å². The summed E-state index contributed by atoms with van der Waals surface area (Å²) in [5.74, 6) is -9.04. The monoisotopic (exact) mass is 566 g/mol. The highest BCUT2D eigenvalue weighted by Gasteiger charge is 2.68. The van der Waals surface area contributed by atoms with Crippen LogP contribution < -0.4 is 5.73 Å². The summed E-state index contributed by atoms with van der Waals surface area (Å²) in [7, 11) is 2.93. The molecular formula is C29H34N4O8. The number of aliphatic hydroxyl groups is 4. The number of ketones is 2. The molecule has 0 radical (unpaired) electrons. The maximum absolute atomic E-state index is 14.1.